The largest absolute Gasteiger partial charge is 0.506 e. The molecule has 1 aliphatic rings. The average molecular weight is 465 g/mol. The number of carbonyl (C=O) groups is 2. The van der Waals surface area contributed by atoms with Gasteiger partial charge in [-0.15, -0.1) is 0 Å². The standard InChI is InChI=1S/C25H25ClN4O3/c26-22-13-17(7-10-23(22)31)25(33)29-28-15-18-6-5-16(20-3-1-2-4-21(18)20)14-24(32)30(12-11-27)19-8-9-19/h1-7,10,13,15,19,31H,8-9,11-12,14,27H2,(H,29,33)/b28-15+. The maximum absolute atomic E-state index is 12.9. The Morgan fingerprint density at radius 2 is 1.91 bits per heavy atom. The Bertz CT molecular complexity index is 1220. The van der Waals surface area contributed by atoms with Crippen molar-refractivity contribution in [1.82, 2.24) is 10.3 Å². The summed E-state index contributed by atoms with van der Waals surface area (Å²) in [6.07, 6.45) is 3.97. The van der Waals surface area contributed by atoms with E-state index < -0.39 is 5.91 Å². The number of nitrogens with two attached hydrogens (primary N) is 1. The van der Waals surface area contributed by atoms with E-state index in [-0.39, 0.29) is 22.2 Å². The van der Waals surface area contributed by atoms with Gasteiger partial charge in [0.25, 0.3) is 5.91 Å². The van der Waals surface area contributed by atoms with E-state index in [9.17, 15) is 14.7 Å². The van der Waals surface area contributed by atoms with Gasteiger partial charge in [-0.2, -0.15) is 5.10 Å². The number of aromatic hydroxyl groups is 1. The predicted octanol–water partition coefficient (Wildman–Crippen LogP) is 3.45. The van der Waals surface area contributed by atoms with Crippen LogP contribution in [0.4, 0.5) is 0 Å². The van der Waals surface area contributed by atoms with Crippen LogP contribution in [0.25, 0.3) is 10.8 Å². The molecule has 8 heteroatoms. The van der Waals surface area contributed by atoms with Crippen molar-refractivity contribution in [3.05, 3.63) is 76.3 Å². The van der Waals surface area contributed by atoms with Gasteiger partial charge in [0.2, 0.25) is 5.91 Å². The van der Waals surface area contributed by atoms with E-state index in [1.165, 1.54) is 18.2 Å². The highest BCUT2D eigenvalue weighted by atomic mass is 35.5. The number of fused-ring (bicyclic) bond motifs is 1. The third kappa shape index (κ3) is 5.32. The molecule has 1 saturated carbocycles. The van der Waals surface area contributed by atoms with Gasteiger partial charge in [0.15, 0.2) is 0 Å². The highest BCUT2D eigenvalue weighted by Crippen LogP contribution is 2.28. The molecule has 0 saturated heterocycles. The van der Waals surface area contributed by atoms with Crippen molar-refractivity contribution in [2.45, 2.75) is 25.3 Å². The first-order chi connectivity index (χ1) is 16.0. The Morgan fingerprint density at radius 1 is 1.15 bits per heavy atom. The van der Waals surface area contributed by atoms with Gasteiger partial charge in [-0.3, -0.25) is 9.59 Å². The van der Waals surface area contributed by atoms with Gasteiger partial charge in [0.05, 0.1) is 17.7 Å². The molecule has 0 aromatic heterocycles. The SMILES string of the molecule is NCCN(C(=O)Cc1ccc(/C=N/NC(=O)c2ccc(O)c(Cl)c2)c2ccccc12)C1CC1. The van der Waals surface area contributed by atoms with Crippen molar-refractivity contribution in [2.24, 2.45) is 10.8 Å². The van der Waals surface area contributed by atoms with E-state index in [0.29, 0.717) is 25.6 Å². The molecule has 0 unspecified atom stereocenters. The van der Waals surface area contributed by atoms with Gasteiger partial charge in [0.1, 0.15) is 5.75 Å². The lowest BCUT2D eigenvalue weighted by Gasteiger charge is -2.22. The number of amides is 2. The summed E-state index contributed by atoms with van der Waals surface area (Å²) in [4.78, 5) is 27.1. The molecule has 4 N–H and O–H groups in total. The Hall–Kier alpha value is -3.42. The van der Waals surface area contributed by atoms with E-state index >= 15 is 0 Å². The summed E-state index contributed by atoms with van der Waals surface area (Å²) in [5, 5.41) is 15.6. The number of rotatable bonds is 8. The number of hydrogen-bond donors (Lipinski definition) is 3. The topological polar surface area (TPSA) is 108 Å². The normalized spacial score (nSPS) is 13.4. The molecule has 0 aliphatic heterocycles. The fraction of sp³-hybridized carbons (Fsp3) is 0.240. The second-order valence-electron chi connectivity index (χ2n) is 8.01. The van der Waals surface area contributed by atoms with E-state index in [1.54, 1.807) is 6.21 Å². The van der Waals surface area contributed by atoms with Gasteiger partial charge in [-0.05, 0) is 47.4 Å². The molecule has 2 amide bonds. The number of hydrogen-bond acceptors (Lipinski definition) is 5. The Kier molecular flexibility index (Phi) is 6.91. The zero-order valence-electron chi connectivity index (χ0n) is 18.0. The third-order valence-corrected chi connectivity index (χ3v) is 5.95. The molecule has 4 rings (SSSR count). The average Bonchev–Trinajstić information content (AvgIpc) is 3.65. The fourth-order valence-corrected chi connectivity index (χ4v) is 4.01. The van der Waals surface area contributed by atoms with Crippen LogP contribution >= 0.6 is 11.6 Å². The Labute approximate surface area is 196 Å². The molecule has 7 nitrogen and oxygen atoms in total. The van der Waals surface area contributed by atoms with Gasteiger partial charge < -0.3 is 15.7 Å². The van der Waals surface area contributed by atoms with Crippen LogP contribution in [0.1, 0.15) is 34.3 Å². The zero-order valence-corrected chi connectivity index (χ0v) is 18.8. The lowest BCUT2D eigenvalue weighted by Crippen LogP contribution is -2.38. The van der Waals surface area contributed by atoms with Crippen molar-refractivity contribution >= 4 is 40.4 Å². The monoisotopic (exact) mass is 464 g/mol. The van der Waals surface area contributed by atoms with E-state index in [2.05, 4.69) is 10.5 Å². The van der Waals surface area contributed by atoms with Gasteiger partial charge in [-0.1, -0.05) is 48.0 Å². The van der Waals surface area contributed by atoms with Gasteiger partial charge >= 0.3 is 0 Å². The summed E-state index contributed by atoms with van der Waals surface area (Å²) in [6.45, 7) is 1.04. The van der Waals surface area contributed by atoms with Crippen molar-refractivity contribution in [3.8, 4) is 5.75 Å². The van der Waals surface area contributed by atoms with Crippen molar-refractivity contribution in [2.75, 3.05) is 13.1 Å². The zero-order chi connectivity index (χ0) is 23.4. The summed E-state index contributed by atoms with van der Waals surface area (Å²) in [7, 11) is 0. The van der Waals surface area contributed by atoms with Crippen molar-refractivity contribution < 1.29 is 14.7 Å². The predicted molar refractivity (Wildman–Crippen MR) is 130 cm³/mol. The molecular formula is C25H25ClN4O3. The smallest absolute Gasteiger partial charge is 0.271 e. The number of nitrogens with one attached hydrogen (secondary N) is 1. The molecule has 0 bridgehead atoms. The lowest BCUT2D eigenvalue weighted by molar-refractivity contribution is -0.130. The van der Waals surface area contributed by atoms with Gasteiger partial charge in [0, 0.05) is 30.3 Å². The van der Waals surface area contributed by atoms with Crippen LogP contribution in [-0.2, 0) is 11.2 Å². The molecule has 33 heavy (non-hydrogen) atoms. The maximum atomic E-state index is 12.9. The molecule has 170 valence electrons. The minimum atomic E-state index is -0.445. The molecular weight excluding hydrogens is 440 g/mol. The number of benzene rings is 3. The number of phenolic OH excluding ortho intramolecular Hbond substituents is 1. The summed E-state index contributed by atoms with van der Waals surface area (Å²) in [5.41, 5.74) is 10.2. The first kappa shape index (κ1) is 22.8. The third-order valence-electron chi connectivity index (χ3n) is 5.65. The highest BCUT2D eigenvalue weighted by molar-refractivity contribution is 6.32. The second-order valence-corrected chi connectivity index (χ2v) is 8.42. The molecule has 3 aromatic carbocycles. The summed E-state index contributed by atoms with van der Waals surface area (Å²) >= 11 is 5.86. The van der Waals surface area contributed by atoms with Crippen LogP contribution in [-0.4, -0.2) is 47.2 Å². The van der Waals surface area contributed by atoms with Gasteiger partial charge in [-0.25, -0.2) is 5.43 Å². The second kappa shape index (κ2) is 10.0. The Balaban J connectivity index is 1.51. The van der Waals surface area contributed by atoms with Crippen LogP contribution in [0, 0.1) is 0 Å². The Morgan fingerprint density at radius 3 is 2.61 bits per heavy atom. The van der Waals surface area contributed by atoms with E-state index in [0.717, 1.165) is 34.7 Å². The van der Waals surface area contributed by atoms with Crippen LogP contribution < -0.4 is 11.2 Å². The first-order valence-corrected chi connectivity index (χ1v) is 11.2. The molecule has 1 fully saturated rings. The molecule has 0 radical (unpaired) electrons. The molecule has 0 atom stereocenters. The highest BCUT2D eigenvalue weighted by Gasteiger charge is 2.31. The number of carbonyl (C=O) groups excluding carboxylic acids is 2. The molecule has 0 heterocycles. The lowest BCUT2D eigenvalue weighted by atomic mass is 9.98. The quantitative estimate of drug-likeness (QED) is 0.350. The van der Waals surface area contributed by atoms with E-state index in [1.807, 2.05) is 41.3 Å². The van der Waals surface area contributed by atoms with E-state index in [4.69, 9.17) is 17.3 Å². The summed E-state index contributed by atoms with van der Waals surface area (Å²) in [5.74, 6) is -0.445. The number of phenols is 1. The molecule has 1 aliphatic carbocycles. The van der Waals surface area contributed by atoms with Crippen LogP contribution in [0.5, 0.6) is 5.75 Å². The minimum Gasteiger partial charge on any atom is -0.506 e. The summed E-state index contributed by atoms with van der Waals surface area (Å²) < 4.78 is 0. The van der Waals surface area contributed by atoms with Crippen LogP contribution in [0.2, 0.25) is 5.02 Å². The first-order valence-electron chi connectivity index (χ1n) is 10.8. The maximum Gasteiger partial charge on any atom is 0.271 e. The van der Waals surface area contributed by atoms with Crippen molar-refractivity contribution in [3.63, 3.8) is 0 Å². The minimum absolute atomic E-state index is 0.0920. The fourth-order valence-electron chi connectivity index (χ4n) is 3.83. The number of nitrogens with zero attached hydrogens (tertiary/aromatic N) is 2. The molecule has 3 aromatic rings. The van der Waals surface area contributed by atoms with Crippen molar-refractivity contribution in [1.29, 1.82) is 0 Å². The summed E-state index contributed by atoms with van der Waals surface area (Å²) in [6, 6.07) is 16.1. The molecule has 0 spiro atoms. The number of hydrazone groups is 1. The number of halogens is 1. The van der Waals surface area contributed by atoms with Crippen LogP contribution in [0.15, 0.2) is 59.7 Å². The van der Waals surface area contributed by atoms with Crippen LogP contribution in [0.3, 0.4) is 0 Å².